The largest absolute Gasteiger partial charge is 0.379 e. The van der Waals surface area contributed by atoms with Gasteiger partial charge >= 0.3 is 0 Å². The zero-order chi connectivity index (χ0) is 21.6. The zero-order valence-electron chi connectivity index (χ0n) is 17.6. The van der Waals surface area contributed by atoms with Gasteiger partial charge in [0, 0.05) is 41.8 Å². The van der Waals surface area contributed by atoms with Crippen molar-refractivity contribution in [2.45, 2.75) is 13.5 Å². The maximum absolute atomic E-state index is 12.8. The second-order valence-electron chi connectivity index (χ2n) is 7.67. The van der Waals surface area contributed by atoms with E-state index < -0.39 is 0 Å². The third kappa shape index (κ3) is 5.78. The molecule has 31 heavy (non-hydrogen) atoms. The molecule has 0 aliphatic carbocycles. The molecule has 2 aromatic carbocycles. The van der Waals surface area contributed by atoms with Crippen molar-refractivity contribution in [1.82, 2.24) is 25.2 Å². The van der Waals surface area contributed by atoms with E-state index in [0.29, 0.717) is 18.7 Å². The average Bonchev–Trinajstić information content (AvgIpc) is 3.23. The van der Waals surface area contributed by atoms with E-state index in [9.17, 15) is 4.79 Å². The van der Waals surface area contributed by atoms with Crippen molar-refractivity contribution >= 4 is 21.8 Å². The van der Waals surface area contributed by atoms with Crippen LogP contribution in [0.25, 0.3) is 11.3 Å². The monoisotopic (exact) mass is 483 g/mol. The van der Waals surface area contributed by atoms with Gasteiger partial charge in [-0.15, -0.1) is 5.10 Å². The lowest BCUT2D eigenvalue weighted by Crippen LogP contribution is -2.41. The van der Waals surface area contributed by atoms with Crippen molar-refractivity contribution in [2.24, 2.45) is 0 Å². The first-order valence-corrected chi connectivity index (χ1v) is 11.2. The predicted octanol–water partition coefficient (Wildman–Crippen LogP) is 3.13. The van der Waals surface area contributed by atoms with Crippen molar-refractivity contribution < 1.29 is 9.53 Å². The number of halogens is 1. The van der Waals surface area contributed by atoms with E-state index in [2.05, 4.69) is 48.6 Å². The normalized spacial score (nSPS) is 14.5. The second kappa shape index (κ2) is 10.2. The predicted molar refractivity (Wildman–Crippen MR) is 123 cm³/mol. The number of aromatic nitrogens is 3. The maximum Gasteiger partial charge on any atom is 0.251 e. The van der Waals surface area contributed by atoms with Gasteiger partial charge in [-0.2, -0.15) is 0 Å². The Morgan fingerprint density at radius 2 is 2.03 bits per heavy atom. The van der Waals surface area contributed by atoms with Gasteiger partial charge in [0.1, 0.15) is 5.69 Å². The number of morpholine rings is 1. The van der Waals surface area contributed by atoms with Crippen molar-refractivity contribution in [2.75, 3.05) is 39.4 Å². The summed E-state index contributed by atoms with van der Waals surface area (Å²) in [6, 6.07) is 13.9. The molecule has 1 N–H and O–H groups in total. The molecule has 0 unspecified atom stereocenters. The summed E-state index contributed by atoms with van der Waals surface area (Å²) in [7, 11) is 0. The summed E-state index contributed by atoms with van der Waals surface area (Å²) in [6.07, 6.45) is 1.91. The van der Waals surface area contributed by atoms with E-state index >= 15 is 0 Å². The highest BCUT2D eigenvalue weighted by Crippen LogP contribution is 2.21. The molecule has 1 saturated heterocycles. The Balaban J connectivity index is 1.41. The van der Waals surface area contributed by atoms with Crippen molar-refractivity contribution in [3.8, 4) is 11.3 Å². The third-order valence-electron chi connectivity index (χ3n) is 5.37. The zero-order valence-corrected chi connectivity index (χ0v) is 19.1. The summed E-state index contributed by atoms with van der Waals surface area (Å²) < 4.78 is 8.20. The fourth-order valence-corrected chi connectivity index (χ4v) is 4.05. The maximum atomic E-state index is 12.8. The Hall–Kier alpha value is -2.55. The standard InChI is InChI=1S/C23H26BrN5O2/c1-17-5-6-19(14-21(17)23(30)25-7-8-28-9-11-31-12-10-28)22-16-29(27-26-22)15-18-3-2-4-20(24)13-18/h2-6,13-14,16H,7-12,15H2,1H3,(H,25,30). The smallest absolute Gasteiger partial charge is 0.251 e. The Bertz CT molecular complexity index is 1050. The second-order valence-corrected chi connectivity index (χ2v) is 8.59. The topological polar surface area (TPSA) is 72.3 Å². The number of ether oxygens (including phenoxy) is 1. The summed E-state index contributed by atoms with van der Waals surface area (Å²) >= 11 is 3.49. The Kier molecular flexibility index (Phi) is 7.11. The van der Waals surface area contributed by atoms with Crippen LogP contribution in [0.15, 0.2) is 53.1 Å². The molecular formula is C23H26BrN5O2. The van der Waals surface area contributed by atoms with Gasteiger partial charge in [0.2, 0.25) is 0 Å². The van der Waals surface area contributed by atoms with E-state index in [1.807, 2.05) is 43.5 Å². The van der Waals surface area contributed by atoms with E-state index in [-0.39, 0.29) is 5.91 Å². The Labute approximate surface area is 190 Å². The Morgan fingerprint density at radius 1 is 1.19 bits per heavy atom. The number of hydrogen-bond donors (Lipinski definition) is 1. The van der Waals surface area contributed by atoms with Gasteiger partial charge in [0.25, 0.3) is 5.91 Å². The SMILES string of the molecule is Cc1ccc(-c2cn(Cc3cccc(Br)c3)nn2)cc1C(=O)NCCN1CCOCC1. The molecule has 0 atom stereocenters. The molecule has 162 valence electrons. The summed E-state index contributed by atoms with van der Waals surface area (Å²) in [6.45, 7) is 7.38. The molecule has 1 amide bonds. The van der Waals surface area contributed by atoms with Crippen LogP contribution in [0.1, 0.15) is 21.5 Å². The van der Waals surface area contributed by atoms with Crippen LogP contribution in [-0.4, -0.2) is 65.2 Å². The van der Waals surface area contributed by atoms with Crippen molar-refractivity contribution in [3.63, 3.8) is 0 Å². The number of carbonyl (C=O) groups is 1. The van der Waals surface area contributed by atoms with Crippen LogP contribution < -0.4 is 5.32 Å². The summed E-state index contributed by atoms with van der Waals surface area (Å²) in [5, 5.41) is 11.6. The van der Waals surface area contributed by atoms with Gasteiger partial charge in [0.15, 0.2) is 0 Å². The van der Waals surface area contributed by atoms with E-state index in [1.54, 1.807) is 4.68 Å². The number of carbonyl (C=O) groups excluding carboxylic acids is 1. The number of nitrogens with one attached hydrogen (secondary N) is 1. The molecule has 8 heteroatoms. The third-order valence-corrected chi connectivity index (χ3v) is 5.86. The van der Waals surface area contributed by atoms with Crippen LogP contribution in [-0.2, 0) is 11.3 Å². The van der Waals surface area contributed by atoms with Crippen LogP contribution in [0.5, 0.6) is 0 Å². The lowest BCUT2D eigenvalue weighted by Gasteiger charge is -2.26. The number of amides is 1. The van der Waals surface area contributed by atoms with Gasteiger partial charge < -0.3 is 10.1 Å². The molecule has 0 saturated carbocycles. The molecule has 7 nitrogen and oxygen atoms in total. The van der Waals surface area contributed by atoms with E-state index in [0.717, 1.165) is 59.7 Å². The molecule has 0 spiro atoms. The minimum atomic E-state index is -0.0610. The number of aryl methyl sites for hydroxylation is 1. The van der Waals surface area contributed by atoms with Crippen LogP contribution in [0.2, 0.25) is 0 Å². The van der Waals surface area contributed by atoms with Gasteiger partial charge in [-0.25, -0.2) is 4.68 Å². The molecule has 0 bridgehead atoms. The molecule has 1 aliphatic rings. The molecule has 1 fully saturated rings. The first kappa shape index (κ1) is 21.7. The van der Waals surface area contributed by atoms with Crippen molar-refractivity contribution in [1.29, 1.82) is 0 Å². The van der Waals surface area contributed by atoms with Gasteiger partial charge in [-0.3, -0.25) is 9.69 Å². The summed E-state index contributed by atoms with van der Waals surface area (Å²) in [4.78, 5) is 15.1. The molecule has 1 aromatic heterocycles. The van der Waals surface area contributed by atoms with E-state index in [4.69, 9.17) is 4.74 Å². The molecule has 1 aliphatic heterocycles. The number of rotatable bonds is 7. The highest BCUT2D eigenvalue weighted by molar-refractivity contribution is 9.10. The highest BCUT2D eigenvalue weighted by atomic mass is 79.9. The number of nitrogens with zero attached hydrogens (tertiary/aromatic N) is 4. The fourth-order valence-electron chi connectivity index (χ4n) is 3.60. The average molecular weight is 484 g/mol. The minimum absolute atomic E-state index is 0.0610. The number of benzene rings is 2. The van der Waals surface area contributed by atoms with Gasteiger partial charge in [0.05, 0.1) is 26.0 Å². The quantitative estimate of drug-likeness (QED) is 0.558. The van der Waals surface area contributed by atoms with Crippen LogP contribution in [0.3, 0.4) is 0 Å². The van der Waals surface area contributed by atoms with E-state index in [1.165, 1.54) is 0 Å². The van der Waals surface area contributed by atoms with Gasteiger partial charge in [-0.05, 0) is 36.2 Å². The minimum Gasteiger partial charge on any atom is -0.379 e. The lowest BCUT2D eigenvalue weighted by molar-refractivity contribution is 0.0383. The Morgan fingerprint density at radius 3 is 2.84 bits per heavy atom. The highest BCUT2D eigenvalue weighted by Gasteiger charge is 2.14. The molecule has 4 rings (SSSR count). The first-order chi connectivity index (χ1) is 15.1. The first-order valence-electron chi connectivity index (χ1n) is 10.4. The van der Waals surface area contributed by atoms with Gasteiger partial charge in [-0.1, -0.05) is 45.4 Å². The molecule has 3 aromatic rings. The molecule has 0 radical (unpaired) electrons. The van der Waals surface area contributed by atoms with Crippen LogP contribution >= 0.6 is 15.9 Å². The number of hydrogen-bond acceptors (Lipinski definition) is 5. The van der Waals surface area contributed by atoms with Crippen LogP contribution in [0.4, 0.5) is 0 Å². The molecular weight excluding hydrogens is 458 g/mol. The lowest BCUT2D eigenvalue weighted by atomic mass is 10.0. The van der Waals surface area contributed by atoms with Crippen molar-refractivity contribution in [3.05, 3.63) is 69.8 Å². The fraction of sp³-hybridized carbons (Fsp3) is 0.348. The summed E-state index contributed by atoms with van der Waals surface area (Å²) in [5.41, 5.74) is 4.37. The summed E-state index contributed by atoms with van der Waals surface area (Å²) in [5.74, 6) is -0.0610. The van der Waals surface area contributed by atoms with Crippen LogP contribution in [0, 0.1) is 6.92 Å². The molecule has 2 heterocycles.